The second-order valence-electron chi connectivity index (χ2n) is 4.29. The molecule has 0 spiro atoms. The molecule has 0 unspecified atom stereocenters. The van der Waals surface area contributed by atoms with E-state index in [1.807, 2.05) is 6.92 Å². The Morgan fingerprint density at radius 2 is 1.90 bits per heavy atom. The molecule has 2 rings (SSSR count). The van der Waals surface area contributed by atoms with Gasteiger partial charge in [0.05, 0.1) is 17.9 Å². The lowest BCUT2D eigenvalue weighted by Crippen LogP contribution is -2.19. The van der Waals surface area contributed by atoms with Gasteiger partial charge in [-0.25, -0.2) is 4.79 Å². The van der Waals surface area contributed by atoms with E-state index < -0.39 is 5.97 Å². The van der Waals surface area contributed by atoms with Gasteiger partial charge in [0.2, 0.25) is 0 Å². The summed E-state index contributed by atoms with van der Waals surface area (Å²) in [5.41, 5.74) is 0.944. The van der Waals surface area contributed by atoms with Crippen LogP contribution in [-0.4, -0.2) is 22.2 Å². The van der Waals surface area contributed by atoms with Gasteiger partial charge >= 0.3 is 5.97 Å². The average molecular weight is 273 g/mol. The van der Waals surface area contributed by atoms with Crippen LogP contribution < -0.4 is 10.3 Å². The fraction of sp³-hybridized carbons (Fsp3) is 0.200. The largest absolute Gasteiger partial charge is 0.494 e. The monoisotopic (exact) mass is 273 g/mol. The minimum atomic E-state index is -1.12. The summed E-state index contributed by atoms with van der Waals surface area (Å²) in [5, 5.41) is 9.02. The van der Waals surface area contributed by atoms with E-state index in [0.717, 1.165) is 17.4 Å². The number of aromatic carboxylic acids is 1. The van der Waals surface area contributed by atoms with Crippen molar-refractivity contribution in [1.29, 1.82) is 0 Å². The average Bonchev–Trinajstić information content (AvgIpc) is 2.43. The topological polar surface area (TPSA) is 68.5 Å². The Kier molecular flexibility index (Phi) is 3.89. The highest BCUT2D eigenvalue weighted by atomic mass is 16.5. The van der Waals surface area contributed by atoms with Crippen LogP contribution in [0.2, 0.25) is 0 Å². The van der Waals surface area contributed by atoms with Crippen LogP contribution in [0.5, 0.6) is 5.75 Å². The van der Waals surface area contributed by atoms with Crippen molar-refractivity contribution >= 4 is 5.97 Å². The number of carbonyl (C=O) groups is 1. The quantitative estimate of drug-likeness (QED) is 0.926. The lowest BCUT2D eigenvalue weighted by molar-refractivity contribution is 0.0696. The normalized spacial score (nSPS) is 10.3. The molecule has 0 saturated carbocycles. The number of carboxylic acids is 1. The molecule has 0 fully saturated rings. The van der Waals surface area contributed by atoms with Crippen molar-refractivity contribution in [2.45, 2.75) is 6.92 Å². The van der Waals surface area contributed by atoms with Crippen molar-refractivity contribution in [1.82, 2.24) is 4.57 Å². The van der Waals surface area contributed by atoms with E-state index in [0.29, 0.717) is 12.3 Å². The highest BCUT2D eigenvalue weighted by Gasteiger charge is 2.10. The van der Waals surface area contributed by atoms with Crippen LogP contribution in [0.1, 0.15) is 17.3 Å². The minimum absolute atomic E-state index is 0.0167. The predicted octanol–water partition coefficient (Wildman–Crippen LogP) is 2.15. The molecule has 0 aliphatic rings. The van der Waals surface area contributed by atoms with E-state index in [4.69, 9.17) is 9.84 Å². The van der Waals surface area contributed by atoms with Crippen molar-refractivity contribution in [3.05, 3.63) is 52.3 Å². The first-order valence-corrected chi connectivity index (χ1v) is 6.20. The standard InChI is InChI=1S/C15H15NO4/c1-3-20-12-6-4-10(5-7-12)13-8-11(15(18)19)9-14(17)16(13)2/h4-9H,3H2,1-2H3,(H,18,19). The van der Waals surface area contributed by atoms with Crippen LogP contribution in [-0.2, 0) is 7.05 Å². The number of nitrogens with zero attached hydrogens (tertiary/aromatic N) is 1. The van der Waals surface area contributed by atoms with Crippen molar-refractivity contribution in [3.8, 4) is 17.0 Å². The molecule has 1 heterocycles. The first kappa shape index (κ1) is 13.9. The molecule has 0 radical (unpaired) electrons. The van der Waals surface area contributed by atoms with Crippen LogP contribution in [0, 0.1) is 0 Å². The van der Waals surface area contributed by atoms with Gasteiger partial charge in [-0.1, -0.05) is 0 Å². The van der Waals surface area contributed by atoms with Crippen LogP contribution >= 0.6 is 0 Å². The number of benzene rings is 1. The van der Waals surface area contributed by atoms with Gasteiger partial charge < -0.3 is 14.4 Å². The molecule has 2 aromatic rings. The van der Waals surface area contributed by atoms with Crippen molar-refractivity contribution < 1.29 is 14.6 Å². The van der Waals surface area contributed by atoms with E-state index in [-0.39, 0.29) is 11.1 Å². The summed E-state index contributed by atoms with van der Waals surface area (Å²) < 4.78 is 6.77. The Morgan fingerprint density at radius 1 is 1.25 bits per heavy atom. The van der Waals surface area contributed by atoms with E-state index in [1.165, 1.54) is 10.6 Å². The fourth-order valence-electron chi connectivity index (χ4n) is 1.92. The molecule has 0 aliphatic heterocycles. The Balaban J connectivity index is 2.51. The SMILES string of the molecule is CCOc1ccc(-c2cc(C(=O)O)cc(=O)n2C)cc1. The van der Waals surface area contributed by atoms with Crippen LogP contribution in [0.15, 0.2) is 41.2 Å². The Morgan fingerprint density at radius 3 is 2.45 bits per heavy atom. The number of aromatic nitrogens is 1. The summed E-state index contributed by atoms with van der Waals surface area (Å²) in [7, 11) is 1.61. The zero-order valence-electron chi connectivity index (χ0n) is 11.3. The first-order chi connectivity index (χ1) is 9.52. The van der Waals surface area contributed by atoms with Crippen LogP contribution in [0.25, 0.3) is 11.3 Å². The molecule has 1 N–H and O–H groups in total. The number of pyridine rings is 1. The van der Waals surface area contributed by atoms with Crippen molar-refractivity contribution in [3.63, 3.8) is 0 Å². The summed E-state index contributed by atoms with van der Waals surface area (Å²) in [6.45, 7) is 2.47. The van der Waals surface area contributed by atoms with E-state index in [9.17, 15) is 9.59 Å². The molecular formula is C15H15NO4. The summed E-state index contributed by atoms with van der Waals surface area (Å²) >= 11 is 0. The van der Waals surface area contributed by atoms with Gasteiger partial charge in [-0.2, -0.15) is 0 Å². The molecule has 5 nitrogen and oxygen atoms in total. The third-order valence-electron chi connectivity index (χ3n) is 2.97. The smallest absolute Gasteiger partial charge is 0.335 e. The molecule has 0 bridgehead atoms. The fourth-order valence-corrected chi connectivity index (χ4v) is 1.92. The summed E-state index contributed by atoms with van der Waals surface area (Å²) in [6.07, 6.45) is 0. The second kappa shape index (κ2) is 5.61. The van der Waals surface area contributed by atoms with E-state index in [2.05, 4.69) is 0 Å². The molecule has 104 valence electrons. The van der Waals surface area contributed by atoms with Gasteiger partial charge in [-0.05, 0) is 42.8 Å². The number of rotatable bonds is 4. The zero-order chi connectivity index (χ0) is 14.7. The first-order valence-electron chi connectivity index (χ1n) is 6.20. The Hall–Kier alpha value is -2.56. The third-order valence-corrected chi connectivity index (χ3v) is 2.97. The van der Waals surface area contributed by atoms with Gasteiger partial charge in [0.15, 0.2) is 0 Å². The summed E-state index contributed by atoms with van der Waals surface area (Å²) in [6, 6.07) is 9.77. The maximum Gasteiger partial charge on any atom is 0.335 e. The zero-order valence-corrected chi connectivity index (χ0v) is 11.3. The van der Waals surface area contributed by atoms with E-state index in [1.54, 1.807) is 31.3 Å². The third kappa shape index (κ3) is 2.71. The lowest BCUT2D eigenvalue weighted by atomic mass is 10.1. The molecule has 0 atom stereocenters. The molecule has 20 heavy (non-hydrogen) atoms. The van der Waals surface area contributed by atoms with Crippen LogP contribution in [0.4, 0.5) is 0 Å². The molecule has 1 aromatic carbocycles. The van der Waals surface area contributed by atoms with Gasteiger partial charge in [0.25, 0.3) is 5.56 Å². The van der Waals surface area contributed by atoms with Gasteiger partial charge in [0.1, 0.15) is 5.75 Å². The Labute approximate surface area is 116 Å². The van der Waals surface area contributed by atoms with E-state index >= 15 is 0 Å². The Bertz CT molecular complexity index is 686. The number of ether oxygens (including phenoxy) is 1. The van der Waals surface area contributed by atoms with Crippen molar-refractivity contribution in [2.24, 2.45) is 7.05 Å². The predicted molar refractivity (Wildman–Crippen MR) is 75.2 cm³/mol. The highest BCUT2D eigenvalue weighted by Crippen LogP contribution is 2.22. The second-order valence-corrected chi connectivity index (χ2v) is 4.29. The molecule has 5 heteroatoms. The molecule has 0 amide bonds. The molecule has 0 saturated heterocycles. The summed E-state index contributed by atoms with van der Waals surface area (Å²) in [5.74, 6) is -0.384. The number of carboxylic acid groups (broad SMARTS) is 1. The number of hydrogen-bond acceptors (Lipinski definition) is 3. The highest BCUT2D eigenvalue weighted by molar-refractivity contribution is 5.88. The molecular weight excluding hydrogens is 258 g/mol. The van der Waals surface area contributed by atoms with Gasteiger partial charge in [-0.15, -0.1) is 0 Å². The van der Waals surface area contributed by atoms with Crippen molar-refractivity contribution in [2.75, 3.05) is 6.61 Å². The minimum Gasteiger partial charge on any atom is -0.494 e. The molecule has 0 aliphatic carbocycles. The maximum atomic E-state index is 11.8. The molecule has 1 aromatic heterocycles. The maximum absolute atomic E-state index is 11.8. The van der Waals surface area contributed by atoms with Gasteiger partial charge in [0, 0.05) is 13.1 Å². The lowest BCUT2D eigenvalue weighted by Gasteiger charge is -2.10. The summed E-state index contributed by atoms with van der Waals surface area (Å²) in [4.78, 5) is 22.8. The number of hydrogen-bond donors (Lipinski definition) is 1. The van der Waals surface area contributed by atoms with Crippen LogP contribution in [0.3, 0.4) is 0 Å². The van der Waals surface area contributed by atoms with Gasteiger partial charge in [-0.3, -0.25) is 4.79 Å².